The van der Waals surface area contributed by atoms with Gasteiger partial charge in [0.2, 0.25) is 5.96 Å². The lowest BCUT2D eigenvalue weighted by Gasteiger charge is -2.30. The van der Waals surface area contributed by atoms with Crippen LogP contribution in [0.15, 0.2) is 23.3 Å². The monoisotopic (exact) mass is 644 g/mol. The van der Waals surface area contributed by atoms with Gasteiger partial charge in [-0.05, 0) is 29.7 Å². The molecule has 2 amide bonds. The van der Waals surface area contributed by atoms with E-state index in [0.717, 1.165) is 15.8 Å². The lowest BCUT2D eigenvalue weighted by atomic mass is 9.96. The summed E-state index contributed by atoms with van der Waals surface area (Å²) in [5.74, 6) is -0.984. The molecule has 2 aliphatic heterocycles. The smallest absolute Gasteiger partial charge is 0.302 e. The Hall–Kier alpha value is -4.19. The van der Waals surface area contributed by atoms with Gasteiger partial charge in [-0.3, -0.25) is 24.8 Å². The molecule has 16 heteroatoms. The molecule has 3 N–H and O–H groups in total. The number of aldehydes is 1. The Labute approximate surface area is 259 Å². The fraction of sp³-hybridized carbons (Fsp3) is 0.370. The van der Waals surface area contributed by atoms with Crippen molar-refractivity contribution in [2.24, 2.45) is 4.99 Å². The number of hydrogen-bond acceptors (Lipinski definition) is 9. The van der Waals surface area contributed by atoms with Gasteiger partial charge in [0.1, 0.15) is 18.4 Å². The quantitative estimate of drug-likeness (QED) is 0.0872. The molecule has 4 heterocycles. The molecule has 5 rings (SSSR count). The summed E-state index contributed by atoms with van der Waals surface area (Å²) in [6.07, 6.45) is 4.64. The molecule has 2 aromatic heterocycles. The number of halogens is 2. The molecule has 0 radical (unpaired) electrons. The summed E-state index contributed by atoms with van der Waals surface area (Å²) < 4.78 is 6.11. The zero-order valence-corrected chi connectivity index (χ0v) is 25.2. The molecule has 1 fully saturated rings. The average molecular weight is 646 g/mol. The van der Waals surface area contributed by atoms with E-state index in [4.69, 9.17) is 33.2 Å². The first kappa shape index (κ1) is 30.3. The molecule has 2 aliphatic rings. The fourth-order valence-electron chi connectivity index (χ4n) is 5.11. The Kier molecular flexibility index (Phi) is 9.14. The van der Waals surface area contributed by atoms with Gasteiger partial charge in [-0.1, -0.05) is 23.2 Å². The summed E-state index contributed by atoms with van der Waals surface area (Å²) in [6.45, 7) is 2.63. The van der Waals surface area contributed by atoms with Gasteiger partial charge < -0.3 is 24.6 Å². The molecule has 0 spiro atoms. The van der Waals surface area contributed by atoms with E-state index >= 15 is 0 Å². The van der Waals surface area contributed by atoms with Crippen LogP contribution in [0.3, 0.4) is 0 Å². The van der Waals surface area contributed by atoms with Gasteiger partial charge in [0.05, 0.1) is 50.0 Å². The lowest BCUT2D eigenvalue weighted by molar-refractivity contribution is -0.145. The van der Waals surface area contributed by atoms with Gasteiger partial charge in [0.25, 0.3) is 11.8 Å². The highest BCUT2D eigenvalue weighted by Gasteiger charge is 2.30. The maximum absolute atomic E-state index is 13.2. The van der Waals surface area contributed by atoms with Crippen LogP contribution >= 0.6 is 34.5 Å². The number of thiophene rings is 1. The van der Waals surface area contributed by atoms with E-state index in [1.54, 1.807) is 28.1 Å². The number of aromatic nitrogens is 2. The number of guanidine groups is 1. The highest BCUT2D eigenvalue weighted by Crippen LogP contribution is 2.35. The highest BCUT2D eigenvalue weighted by molar-refractivity contribution is 7.20. The van der Waals surface area contributed by atoms with Crippen LogP contribution in [-0.2, 0) is 27.3 Å². The second kappa shape index (κ2) is 13.0. The standard InChI is InChI=1S/C27H26Cl2N8O5S/c1-14(39)42-17-2-4-37(11-17)27(32-13-30)31-8-16(12-38)34-25(40)23-19(28)6-15-10-36(5-3-18(15)24(23)29)26(41)21-7-20-22(43-21)9-33-35-20/h6-7,9,12,16-17H,2-5,8,10-11H2,1H3,(H,31,32)(H,33,35)(H,34,40)/t16-,17-/m0/s1. The second-order valence-electron chi connectivity index (χ2n) is 10.0. The van der Waals surface area contributed by atoms with Gasteiger partial charge >= 0.3 is 5.97 Å². The number of likely N-dealkylation sites (tertiary alicyclic amines) is 1. The predicted molar refractivity (Wildman–Crippen MR) is 159 cm³/mol. The van der Waals surface area contributed by atoms with Crippen molar-refractivity contribution in [2.45, 2.75) is 38.5 Å². The van der Waals surface area contributed by atoms with Crippen molar-refractivity contribution < 1.29 is 23.9 Å². The molecular formula is C27H26Cl2N8O5S. The minimum Gasteiger partial charge on any atom is -0.461 e. The summed E-state index contributed by atoms with van der Waals surface area (Å²) in [4.78, 5) is 57.8. The van der Waals surface area contributed by atoms with Gasteiger partial charge in [0, 0.05) is 33.0 Å². The number of carbonyl (C=O) groups excluding carboxylic acids is 4. The number of esters is 1. The summed E-state index contributed by atoms with van der Waals surface area (Å²) in [6, 6.07) is 2.35. The molecule has 1 saturated heterocycles. The van der Waals surface area contributed by atoms with Crippen LogP contribution in [0.1, 0.15) is 44.5 Å². The van der Waals surface area contributed by atoms with E-state index < -0.39 is 17.9 Å². The summed E-state index contributed by atoms with van der Waals surface area (Å²) in [7, 11) is 0. The van der Waals surface area contributed by atoms with Crippen molar-refractivity contribution in [3.8, 4) is 6.19 Å². The van der Waals surface area contributed by atoms with Crippen LogP contribution in [0.4, 0.5) is 0 Å². The summed E-state index contributed by atoms with van der Waals surface area (Å²) in [5, 5.41) is 21.3. The number of carbonyl (C=O) groups is 4. The largest absolute Gasteiger partial charge is 0.461 e. The van der Waals surface area contributed by atoms with Crippen molar-refractivity contribution in [1.29, 1.82) is 5.26 Å². The molecule has 13 nitrogen and oxygen atoms in total. The number of fused-ring (bicyclic) bond motifs is 2. The van der Waals surface area contributed by atoms with Crippen LogP contribution in [0.5, 0.6) is 0 Å². The van der Waals surface area contributed by atoms with Crippen molar-refractivity contribution in [3.63, 3.8) is 0 Å². The molecule has 43 heavy (non-hydrogen) atoms. The van der Waals surface area contributed by atoms with Crippen LogP contribution < -0.4 is 10.6 Å². The van der Waals surface area contributed by atoms with Crippen LogP contribution in [0.2, 0.25) is 10.0 Å². The number of ether oxygens (including phenoxy) is 1. The highest BCUT2D eigenvalue weighted by atomic mass is 35.5. The SMILES string of the molecule is CC(=O)O[C@H]1CCN(C(=NC[C@@H](C=O)NC(=O)c2c(Cl)cc3c(c2Cl)CCN(C(=O)c2cc4[nH]ncc4s2)C3)NC#N)C1. The Balaban J connectivity index is 1.26. The van der Waals surface area contributed by atoms with Crippen molar-refractivity contribution in [3.05, 3.63) is 49.9 Å². The third-order valence-electron chi connectivity index (χ3n) is 7.12. The average Bonchev–Trinajstić information content (AvgIpc) is 3.71. The molecule has 3 aromatic rings. The number of nitrogens with one attached hydrogen (secondary N) is 3. The van der Waals surface area contributed by atoms with Crippen molar-refractivity contribution in [1.82, 2.24) is 30.6 Å². The molecule has 0 saturated carbocycles. The first-order valence-corrected chi connectivity index (χ1v) is 14.9. The van der Waals surface area contributed by atoms with E-state index in [9.17, 15) is 19.2 Å². The number of aromatic amines is 1. The second-order valence-corrected chi connectivity index (χ2v) is 11.9. The molecule has 0 bridgehead atoms. The number of aliphatic imine (C=N–C) groups is 1. The van der Waals surface area contributed by atoms with Crippen LogP contribution in [0.25, 0.3) is 10.2 Å². The van der Waals surface area contributed by atoms with E-state index in [1.165, 1.54) is 18.3 Å². The minimum absolute atomic E-state index is 0.0249. The zero-order chi connectivity index (χ0) is 30.7. The van der Waals surface area contributed by atoms with Gasteiger partial charge in [0.15, 0.2) is 6.19 Å². The normalized spacial score (nSPS) is 17.3. The third-order valence-corrected chi connectivity index (χ3v) is 8.89. The number of amides is 2. The zero-order valence-electron chi connectivity index (χ0n) is 22.9. The number of nitriles is 1. The van der Waals surface area contributed by atoms with Crippen LogP contribution in [0, 0.1) is 11.5 Å². The molecule has 0 unspecified atom stereocenters. The van der Waals surface area contributed by atoms with E-state index in [-0.39, 0.29) is 46.7 Å². The number of nitrogens with zero attached hydrogens (tertiary/aromatic N) is 5. The first-order valence-electron chi connectivity index (χ1n) is 13.3. The third kappa shape index (κ3) is 6.58. The van der Waals surface area contributed by atoms with Gasteiger partial charge in [-0.25, -0.2) is 4.99 Å². The van der Waals surface area contributed by atoms with Gasteiger partial charge in [-0.15, -0.1) is 11.3 Å². The topological polar surface area (TPSA) is 173 Å². The molecule has 1 aromatic carbocycles. The summed E-state index contributed by atoms with van der Waals surface area (Å²) in [5.41, 5.74) is 2.27. The Morgan fingerprint density at radius 1 is 1.33 bits per heavy atom. The number of rotatable bonds is 7. The molecule has 2 atom stereocenters. The number of hydrogen-bond donors (Lipinski definition) is 3. The Morgan fingerprint density at radius 3 is 2.86 bits per heavy atom. The number of benzene rings is 1. The van der Waals surface area contributed by atoms with Gasteiger partial charge in [-0.2, -0.15) is 10.4 Å². The van der Waals surface area contributed by atoms with E-state index in [0.29, 0.717) is 49.2 Å². The lowest BCUT2D eigenvalue weighted by Crippen LogP contribution is -2.42. The maximum Gasteiger partial charge on any atom is 0.302 e. The molecule has 224 valence electrons. The Bertz CT molecular complexity index is 1640. The van der Waals surface area contributed by atoms with Crippen LogP contribution in [-0.4, -0.2) is 88.4 Å². The first-order chi connectivity index (χ1) is 20.7. The molecule has 0 aliphatic carbocycles. The summed E-state index contributed by atoms with van der Waals surface area (Å²) >= 11 is 14.5. The maximum atomic E-state index is 13.2. The fourth-order valence-corrected chi connectivity index (χ4v) is 6.83. The van der Waals surface area contributed by atoms with Crippen molar-refractivity contribution in [2.75, 3.05) is 26.2 Å². The van der Waals surface area contributed by atoms with Crippen molar-refractivity contribution >= 4 is 74.8 Å². The van der Waals surface area contributed by atoms with E-state index in [2.05, 4.69) is 25.8 Å². The predicted octanol–water partition coefficient (Wildman–Crippen LogP) is 2.49. The Morgan fingerprint density at radius 2 is 2.14 bits per heavy atom. The molecular weight excluding hydrogens is 619 g/mol. The van der Waals surface area contributed by atoms with E-state index in [1.807, 2.05) is 6.19 Å². The number of H-pyrrole nitrogens is 1. The minimum atomic E-state index is -1.04.